The molecule has 0 spiro atoms. The molecule has 0 saturated carbocycles. The number of carbonyl (C=O) groups is 2. The molecule has 0 aliphatic heterocycles. The Morgan fingerprint density at radius 3 is 2.64 bits per heavy atom. The SMILES string of the molecule is CC(NC(=O)CC#N)C(=O)O. The second kappa shape index (κ2) is 4.28. The summed E-state index contributed by atoms with van der Waals surface area (Å²) in [7, 11) is 0. The highest BCUT2D eigenvalue weighted by molar-refractivity contribution is 5.84. The fourth-order valence-corrected chi connectivity index (χ4v) is 0.426. The third-order valence-electron chi connectivity index (χ3n) is 0.988. The molecule has 1 amide bonds. The van der Waals surface area contributed by atoms with E-state index in [-0.39, 0.29) is 6.42 Å². The van der Waals surface area contributed by atoms with Crippen LogP contribution in [0.4, 0.5) is 0 Å². The standard InChI is InChI=1S/C6H8N2O3/c1-4(6(10)11)8-5(9)2-3-7/h4H,2H2,1H3,(H,8,9)(H,10,11). The van der Waals surface area contributed by atoms with Crippen molar-refractivity contribution in [3.8, 4) is 6.07 Å². The lowest BCUT2D eigenvalue weighted by molar-refractivity contribution is -0.141. The number of aliphatic carboxylic acids is 1. The first-order valence-electron chi connectivity index (χ1n) is 2.97. The third kappa shape index (κ3) is 3.92. The van der Waals surface area contributed by atoms with Crippen LogP contribution in [-0.4, -0.2) is 23.0 Å². The Kier molecular flexibility index (Phi) is 3.67. The number of hydrogen-bond donors (Lipinski definition) is 2. The second-order valence-corrected chi connectivity index (χ2v) is 1.96. The summed E-state index contributed by atoms with van der Waals surface area (Å²) in [5.74, 6) is -1.68. The maximum atomic E-state index is 10.6. The van der Waals surface area contributed by atoms with Crippen LogP contribution in [0, 0.1) is 11.3 Å². The molecule has 11 heavy (non-hydrogen) atoms. The van der Waals surface area contributed by atoms with Gasteiger partial charge in [-0.25, -0.2) is 0 Å². The number of nitrogens with one attached hydrogen (secondary N) is 1. The van der Waals surface area contributed by atoms with Crippen LogP contribution in [0.15, 0.2) is 0 Å². The Morgan fingerprint density at radius 1 is 1.73 bits per heavy atom. The summed E-state index contributed by atoms with van der Waals surface area (Å²) in [6.07, 6.45) is -0.308. The Hall–Kier alpha value is -1.57. The van der Waals surface area contributed by atoms with E-state index in [2.05, 4.69) is 5.32 Å². The van der Waals surface area contributed by atoms with Gasteiger partial charge in [-0.15, -0.1) is 0 Å². The minimum absolute atomic E-state index is 0.308. The Morgan fingerprint density at radius 2 is 2.27 bits per heavy atom. The van der Waals surface area contributed by atoms with E-state index in [9.17, 15) is 9.59 Å². The summed E-state index contributed by atoms with van der Waals surface area (Å²) in [6.45, 7) is 1.33. The molecule has 0 aromatic carbocycles. The number of nitrogens with zero attached hydrogens (tertiary/aromatic N) is 1. The van der Waals surface area contributed by atoms with E-state index in [0.29, 0.717) is 0 Å². The molecule has 5 heteroatoms. The number of carboxylic acids is 1. The average Bonchev–Trinajstić information content (AvgIpc) is 1.87. The van der Waals surface area contributed by atoms with Gasteiger partial charge in [0.25, 0.3) is 0 Å². The lowest BCUT2D eigenvalue weighted by Gasteiger charge is -2.05. The van der Waals surface area contributed by atoms with Crippen LogP contribution in [0.25, 0.3) is 0 Å². The maximum Gasteiger partial charge on any atom is 0.325 e. The number of nitriles is 1. The average molecular weight is 156 g/mol. The molecule has 0 saturated heterocycles. The lowest BCUT2D eigenvalue weighted by Crippen LogP contribution is -2.37. The first kappa shape index (κ1) is 9.43. The van der Waals surface area contributed by atoms with Gasteiger partial charge < -0.3 is 10.4 Å². The van der Waals surface area contributed by atoms with E-state index < -0.39 is 17.9 Å². The van der Waals surface area contributed by atoms with Crippen LogP contribution in [0.5, 0.6) is 0 Å². The highest BCUT2D eigenvalue weighted by atomic mass is 16.4. The smallest absolute Gasteiger partial charge is 0.325 e. The highest BCUT2D eigenvalue weighted by Crippen LogP contribution is 1.83. The second-order valence-electron chi connectivity index (χ2n) is 1.96. The van der Waals surface area contributed by atoms with Gasteiger partial charge in [0.2, 0.25) is 5.91 Å². The fourth-order valence-electron chi connectivity index (χ4n) is 0.426. The summed E-state index contributed by atoms with van der Waals surface area (Å²) >= 11 is 0. The molecule has 0 aromatic rings. The van der Waals surface area contributed by atoms with Crippen molar-refractivity contribution >= 4 is 11.9 Å². The fraction of sp³-hybridized carbons (Fsp3) is 0.500. The van der Waals surface area contributed by atoms with Gasteiger partial charge in [-0.1, -0.05) is 0 Å². The van der Waals surface area contributed by atoms with E-state index in [4.69, 9.17) is 10.4 Å². The van der Waals surface area contributed by atoms with Gasteiger partial charge in [-0.2, -0.15) is 5.26 Å². The number of amides is 1. The van der Waals surface area contributed by atoms with Gasteiger partial charge in [0.1, 0.15) is 12.5 Å². The summed E-state index contributed by atoms with van der Waals surface area (Å²) in [6, 6.07) is 0.672. The molecule has 5 nitrogen and oxygen atoms in total. The molecule has 0 rings (SSSR count). The largest absolute Gasteiger partial charge is 0.480 e. The molecule has 1 atom stereocenters. The van der Waals surface area contributed by atoms with Gasteiger partial charge in [0, 0.05) is 0 Å². The van der Waals surface area contributed by atoms with E-state index in [1.54, 1.807) is 6.07 Å². The zero-order valence-electron chi connectivity index (χ0n) is 6.00. The molecular formula is C6H8N2O3. The minimum atomic E-state index is -1.11. The van der Waals surface area contributed by atoms with Crippen molar-refractivity contribution in [3.63, 3.8) is 0 Å². The number of carboxylic acid groups (broad SMARTS) is 1. The van der Waals surface area contributed by atoms with Crippen molar-refractivity contribution in [1.29, 1.82) is 5.26 Å². The van der Waals surface area contributed by atoms with Gasteiger partial charge in [0.15, 0.2) is 0 Å². The molecule has 0 aliphatic carbocycles. The first-order chi connectivity index (χ1) is 5.07. The van der Waals surface area contributed by atoms with Gasteiger partial charge in [-0.05, 0) is 6.92 Å². The third-order valence-corrected chi connectivity index (χ3v) is 0.988. The van der Waals surface area contributed by atoms with Crippen molar-refractivity contribution in [2.75, 3.05) is 0 Å². The van der Waals surface area contributed by atoms with Crippen molar-refractivity contribution in [1.82, 2.24) is 5.32 Å². The van der Waals surface area contributed by atoms with Crippen molar-refractivity contribution in [2.24, 2.45) is 0 Å². The van der Waals surface area contributed by atoms with E-state index in [0.717, 1.165) is 0 Å². The zero-order valence-corrected chi connectivity index (χ0v) is 6.00. The zero-order chi connectivity index (χ0) is 8.85. The molecule has 0 fully saturated rings. The summed E-state index contributed by atoms with van der Waals surface area (Å²) < 4.78 is 0. The molecule has 0 aliphatic rings. The molecule has 60 valence electrons. The predicted molar refractivity (Wildman–Crippen MR) is 35.5 cm³/mol. The molecule has 0 bridgehead atoms. The maximum absolute atomic E-state index is 10.6. The number of rotatable bonds is 3. The highest BCUT2D eigenvalue weighted by Gasteiger charge is 2.12. The van der Waals surface area contributed by atoms with Crippen LogP contribution in [0.2, 0.25) is 0 Å². The number of hydrogen-bond acceptors (Lipinski definition) is 3. The molecule has 1 unspecified atom stereocenters. The molecular weight excluding hydrogens is 148 g/mol. The Labute approximate surface area is 63.6 Å². The quantitative estimate of drug-likeness (QED) is 0.575. The minimum Gasteiger partial charge on any atom is -0.480 e. The summed E-state index contributed by atoms with van der Waals surface area (Å²) in [4.78, 5) is 20.7. The van der Waals surface area contributed by atoms with E-state index in [1.807, 2.05) is 0 Å². The van der Waals surface area contributed by atoms with Crippen LogP contribution in [0.3, 0.4) is 0 Å². The molecule has 2 N–H and O–H groups in total. The van der Waals surface area contributed by atoms with Crippen LogP contribution in [0.1, 0.15) is 13.3 Å². The summed E-state index contributed by atoms with van der Waals surface area (Å²) in [5.41, 5.74) is 0. The lowest BCUT2D eigenvalue weighted by atomic mass is 10.3. The molecule has 0 radical (unpaired) electrons. The Bertz CT molecular complexity index is 206. The van der Waals surface area contributed by atoms with Crippen LogP contribution >= 0.6 is 0 Å². The summed E-state index contributed by atoms with van der Waals surface area (Å²) in [5, 5.41) is 18.5. The van der Waals surface area contributed by atoms with E-state index in [1.165, 1.54) is 6.92 Å². The van der Waals surface area contributed by atoms with Crippen molar-refractivity contribution < 1.29 is 14.7 Å². The molecule has 0 aromatic heterocycles. The van der Waals surface area contributed by atoms with Crippen molar-refractivity contribution in [3.05, 3.63) is 0 Å². The predicted octanol–water partition coefficient (Wildman–Crippen LogP) is -0.511. The van der Waals surface area contributed by atoms with Gasteiger partial charge in [0.05, 0.1) is 6.07 Å². The number of carbonyl (C=O) groups excluding carboxylic acids is 1. The molecule has 0 heterocycles. The Balaban J connectivity index is 3.77. The normalized spacial score (nSPS) is 11.3. The van der Waals surface area contributed by atoms with Crippen LogP contribution < -0.4 is 5.32 Å². The van der Waals surface area contributed by atoms with Crippen LogP contribution in [-0.2, 0) is 9.59 Å². The van der Waals surface area contributed by atoms with Crippen molar-refractivity contribution in [2.45, 2.75) is 19.4 Å². The van der Waals surface area contributed by atoms with Gasteiger partial charge >= 0.3 is 5.97 Å². The van der Waals surface area contributed by atoms with E-state index >= 15 is 0 Å². The first-order valence-corrected chi connectivity index (χ1v) is 2.97. The topological polar surface area (TPSA) is 90.2 Å². The van der Waals surface area contributed by atoms with Gasteiger partial charge in [-0.3, -0.25) is 9.59 Å². The monoisotopic (exact) mass is 156 g/mol.